The Labute approximate surface area is 100 Å². The summed E-state index contributed by atoms with van der Waals surface area (Å²) in [6, 6.07) is 0. The molecule has 0 saturated heterocycles. The fourth-order valence-corrected chi connectivity index (χ4v) is 2.51. The third-order valence-electron chi connectivity index (χ3n) is 2.20. The first-order valence-electron chi connectivity index (χ1n) is 5.34. The van der Waals surface area contributed by atoms with Crippen molar-refractivity contribution in [3.63, 3.8) is 0 Å². The Morgan fingerprint density at radius 2 is 1.88 bits per heavy atom. The van der Waals surface area contributed by atoms with E-state index in [0.29, 0.717) is 10.8 Å². The van der Waals surface area contributed by atoms with Crippen molar-refractivity contribution in [3.05, 3.63) is 0 Å². The average Bonchev–Trinajstić information content (AvgIpc) is 2.15. The molecule has 0 fully saturated rings. The summed E-state index contributed by atoms with van der Waals surface area (Å²) >= 11 is 0. The van der Waals surface area contributed by atoms with Crippen LogP contribution in [0.15, 0.2) is 0 Å². The number of nitrogens with one attached hydrogen (secondary N) is 1. The normalized spacial score (nSPS) is 15.2. The maximum absolute atomic E-state index is 12.1. The third-order valence-corrected chi connectivity index (χ3v) is 4.38. The standard InChI is InChI=1S/C9H19F3N2O2S/c1-4-5-13-6-8(2)17(15,16)14(3)7-9(10,11)12/h8,13H,4-7H2,1-3H3. The van der Waals surface area contributed by atoms with E-state index in [0.717, 1.165) is 13.5 Å². The van der Waals surface area contributed by atoms with Gasteiger partial charge in [0.2, 0.25) is 10.0 Å². The van der Waals surface area contributed by atoms with E-state index < -0.39 is 28.0 Å². The quantitative estimate of drug-likeness (QED) is 0.711. The Bertz CT molecular complexity index is 317. The summed E-state index contributed by atoms with van der Waals surface area (Å²) in [4.78, 5) is 0. The number of rotatable bonds is 7. The Morgan fingerprint density at radius 3 is 2.29 bits per heavy atom. The van der Waals surface area contributed by atoms with E-state index in [4.69, 9.17) is 0 Å². The lowest BCUT2D eigenvalue weighted by atomic mass is 10.4. The number of hydrogen-bond donors (Lipinski definition) is 1. The topological polar surface area (TPSA) is 49.4 Å². The smallest absolute Gasteiger partial charge is 0.315 e. The lowest BCUT2D eigenvalue weighted by Gasteiger charge is -2.23. The van der Waals surface area contributed by atoms with E-state index in [1.165, 1.54) is 6.92 Å². The molecule has 0 heterocycles. The van der Waals surface area contributed by atoms with Gasteiger partial charge in [-0.3, -0.25) is 0 Å². The maximum atomic E-state index is 12.1. The Morgan fingerprint density at radius 1 is 1.35 bits per heavy atom. The van der Waals surface area contributed by atoms with Gasteiger partial charge in [-0.25, -0.2) is 8.42 Å². The molecule has 0 bridgehead atoms. The Hall–Kier alpha value is -0.340. The van der Waals surface area contributed by atoms with Crippen molar-refractivity contribution in [3.8, 4) is 0 Å². The zero-order valence-corrected chi connectivity index (χ0v) is 11.0. The minimum absolute atomic E-state index is 0.151. The zero-order chi connectivity index (χ0) is 13.7. The molecule has 8 heteroatoms. The second kappa shape index (κ2) is 6.55. The molecule has 0 aromatic carbocycles. The molecule has 0 saturated carbocycles. The third kappa shape index (κ3) is 6.23. The number of hydrogen-bond acceptors (Lipinski definition) is 3. The predicted octanol–water partition coefficient (Wildman–Crippen LogP) is 1.20. The lowest BCUT2D eigenvalue weighted by molar-refractivity contribution is -0.134. The summed E-state index contributed by atoms with van der Waals surface area (Å²) < 4.78 is 60.0. The number of alkyl halides is 3. The highest BCUT2D eigenvalue weighted by molar-refractivity contribution is 7.89. The molecule has 0 aromatic rings. The summed E-state index contributed by atoms with van der Waals surface area (Å²) in [5.41, 5.74) is 0. The van der Waals surface area contributed by atoms with Crippen LogP contribution in [0.4, 0.5) is 13.2 Å². The molecule has 0 radical (unpaired) electrons. The Balaban J connectivity index is 4.44. The highest BCUT2D eigenvalue weighted by Gasteiger charge is 2.36. The Kier molecular flexibility index (Phi) is 6.42. The van der Waals surface area contributed by atoms with E-state index in [1.807, 2.05) is 6.92 Å². The van der Waals surface area contributed by atoms with Gasteiger partial charge in [-0.2, -0.15) is 17.5 Å². The van der Waals surface area contributed by atoms with Crippen LogP contribution in [0.2, 0.25) is 0 Å². The fraction of sp³-hybridized carbons (Fsp3) is 1.00. The van der Waals surface area contributed by atoms with E-state index >= 15 is 0 Å². The van der Waals surface area contributed by atoms with Crippen LogP contribution < -0.4 is 5.32 Å². The minimum atomic E-state index is -4.52. The molecule has 0 spiro atoms. The monoisotopic (exact) mass is 276 g/mol. The lowest BCUT2D eigenvalue weighted by Crippen LogP contribution is -2.43. The number of nitrogens with zero attached hydrogens (tertiary/aromatic N) is 1. The molecule has 1 atom stereocenters. The van der Waals surface area contributed by atoms with E-state index in [9.17, 15) is 21.6 Å². The van der Waals surface area contributed by atoms with E-state index in [-0.39, 0.29) is 6.54 Å². The van der Waals surface area contributed by atoms with Crippen LogP contribution in [0, 0.1) is 0 Å². The molecule has 4 nitrogen and oxygen atoms in total. The maximum Gasteiger partial charge on any atom is 0.402 e. The van der Waals surface area contributed by atoms with Gasteiger partial charge in [0.05, 0.1) is 5.25 Å². The van der Waals surface area contributed by atoms with Gasteiger partial charge in [0.25, 0.3) is 0 Å². The molecule has 0 rings (SSSR count). The van der Waals surface area contributed by atoms with Crippen molar-refractivity contribution in [1.29, 1.82) is 0 Å². The van der Waals surface area contributed by atoms with Crippen LogP contribution in [0.1, 0.15) is 20.3 Å². The molecular weight excluding hydrogens is 257 g/mol. The first kappa shape index (κ1) is 16.7. The van der Waals surface area contributed by atoms with Crippen LogP contribution in [0.25, 0.3) is 0 Å². The van der Waals surface area contributed by atoms with Gasteiger partial charge >= 0.3 is 6.18 Å². The molecule has 0 amide bonds. The highest BCUT2D eigenvalue weighted by atomic mass is 32.2. The summed E-state index contributed by atoms with van der Waals surface area (Å²) in [7, 11) is -2.96. The van der Waals surface area contributed by atoms with Gasteiger partial charge in [0, 0.05) is 13.6 Å². The van der Waals surface area contributed by atoms with Crippen LogP contribution >= 0.6 is 0 Å². The molecule has 0 aromatic heterocycles. The zero-order valence-electron chi connectivity index (χ0n) is 10.2. The first-order chi connectivity index (χ1) is 7.61. The van der Waals surface area contributed by atoms with Crippen molar-refractivity contribution in [2.24, 2.45) is 0 Å². The summed E-state index contributed by atoms with van der Waals surface area (Å²) in [5.74, 6) is 0. The van der Waals surface area contributed by atoms with Crippen LogP contribution in [0.5, 0.6) is 0 Å². The largest absolute Gasteiger partial charge is 0.402 e. The number of halogens is 3. The summed E-state index contributed by atoms with van der Waals surface area (Å²) in [6.45, 7) is 2.65. The molecule has 0 aliphatic carbocycles. The fourth-order valence-electron chi connectivity index (χ4n) is 1.24. The number of sulfonamides is 1. The van der Waals surface area contributed by atoms with Gasteiger partial charge in [-0.1, -0.05) is 6.92 Å². The van der Waals surface area contributed by atoms with Crippen molar-refractivity contribution in [1.82, 2.24) is 9.62 Å². The van der Waals surface area contributed by atoms with E-state index in [2.05, 4.69) is 5.32 Å². The van der Waals surface area contributed by atoms with Crippen molar-refractivity contribution < 1.29 is 21.6 Å². The summed E-state index contributed by atoms with van der Waals surface area (Å²) in [6.07, 6.45) is -3.68. The van der Waals surface area contributed by atoms with E-state index in [1.54, 1.807) is 0 Å². The van der Waals surface area contributed by atoms with Crippen molar-refractivity contribution >= 4 is 10.0 Å². The predicted molar refractivity (Wildman–Crippen MR) is 60.2 cm³/mol. The van der Waals surface area contributed by atoms with Gasteiger partial charge < -0.3 is 5.32 Å². The molecule has 0 aliphatic rings. The first-order valence-corrected chi connectivity index (χ1v) is 6.84. The van der Waals surface area contributed by atoms with Crippen LogP contribution in [-0.2, 0) is 10.0 Å². The highest BCUT2D eigenvalue weighted by Crippen LogP contribution is 2.18. The molecule has 1 N–H and O–H groups in total. The van der Waals surface area contributed by atoms with Gasteiger partial charge in [0.1, 0.15) is 6.54 Å². The summed E-state index contributed by atoms with van der Waals surface area (Å²) in [5, 5.41) is 2.00. The molecule has 17 heavy (non-hydrogen) atoms. The second-order valence-corrected chi connectivity index (χ2v) is 6.39. The molecule has 0 aliphatic heterocycles. The molecule has 1 unspecified atom stereocenters. The molecule has 104 valence electrons. The average molecular weight is 276 g/mol. The second-order valence-electron chi connectivity index (χ2n) is 3.93. The molecular formula is C9H19F3N2O2S. The SMILES string of the molecule is CCCNCC(C)S(=O)(=O)N(C)CC(F)(F)F. The minimum Gasteiger partial charge on any atom is -0.315 e. The van der Waals surface area contributed by atoms with Crippen LogP contribution in [-0.4, -0.2) is 50.8 Å². The van der Waals surface area contributed by atoms with Gasteiger partial charge in [-0.15, -0.1) is 0 Å². The van der Waals surface area contributed by atoms with Gasteiger partial charge in [0.15, 0.2) is 0 Å². The van der Waals surface area contributed by atoms with Gasteiger partial charge in [-0.05, 0) is 19.9 Å². The van der Waals surface area contributed by atoms with Crippen LogP contribution in [0.3, 0.4) is 0 Å². The van der Waals surface area contributed by atoms with Crippen molar-refractivity contribution in [2.75, 3.05) is 26.7 Å². The van der Waals surface area contributed by atoms with Crippen molar-refractivity contribution in [2.45, 2.75) is 31.7 Å².